The summed E-state index contributed by atoms with van der Waals surface area (Å²) < 4.78 is 1.94. The van der Waals surface area contributed by atoms with Crippen LogP contribution in [0.2, 0.25) is 0 Å². The summed E-state index contributed by atoms with van der Waals surface area (Å²) in [5.41, 5.74) is 8.62. The molecule has 16 heavy (non-hydrogen) atoms. The lowest BCUT2D eigenvalue weighted by Gasteiger charge is -2.05. The predicted molar refractivity (Wildman–Crippen MR) is 62.8 cm³/mol. The first kappa shape index (κ1) is 8.91. The van der Waals surface area contributed by atoms with Crippen molar-refractivity contribution in [2.75, 3.05) is 5.73 Å². The third-order valence-corrected chi connectivity index (χ3v) is 2.49. The predicted octanol–water partition coefficient (Wildman–Crippen LogP) is 1.98. The van der Waals surface area contributed by atoms with Gasteiger partial charge in [-0.15, -0.1) is 0 Å². The van der Waals surface area contributed by atoms with E-state index in [1.165, 1.54) is 0 Å². The SMILES string of the molecule is Nc1cccc(-c2ccnc3nccn23)c1. The van der Waals surface area contributed by atoms with Crippen LogP contribution in [-0.2, 0) is 0 Å². The highest BCUT2D eigenvalue weighted by atomic mass is 15.1. The first-order valence-corrected chi connectivity index (χ1v) is 4.98. The van der Waals surface area contributed by atoms with Crippen LogP contribution in [0.25, 0.3) is 17.0 Å². The van der Waals surface area contributed by atoms with Gasteiger partial charge in [0.15, 0.2) is 0 Å². The molecule has 0 atom stereocenters. The minimum absolute atomic E-state index is 0.694. The van der Waals surface area contributed by atoms with Gasteiger partial charge in [0.05, 0.1) is 5.69 Å². The number of benzene rings is 1. The zero-order chi connectivity index (χ0) is 11.0. The molecule has 4 nitrogen and oxygen atoms in total. The highest BCUT2D eigenvalue weighted by Gasteiger charge is 2.03. The monoisotopic (exact) mass is 210 g/mol. The Hall–Kier alpha value is -2.36. The third kappa shape index (κ3) is 1.32. The van der Waals surface area contributed by atoms with Gasteiger partial charge in [-0.1, -0.05) is 12.1 Å². The normalized spacial score (nSPS) is 10.8. The van der Waals surface area contributed by atoms with E-state index in [-0.39, 0.29) is 0 Å². The maximum atomic E-state index is 5.77. The van der Waals surface area contributed by atoms with Crippen molar-refractivity contribution in [3.05, 3.63) is 48.9 Å². The maximum Gasteiger partial charge on any atom is 0.234 e. The summed E-state index contributed by atoms with van der Waals surface area (Å²) in [6.45, 7) is 0. The van der Waals surface area contributed by atoms with Gasteiger partial charge in [-0.25, -0.2) is 9.97 Å². The fourth-order valence-electron chi connectivity index (χ4n) is 1.77. The molecule has 0 aliphatic heterocycles. The Morgan fingerprint density at radius 3 is 2.81 bits per heavy atom. The van der Waals surface area contributed by atoms with Gasteiger partial charge < -0.3 is 5.73 Å². The molecule has 0 aliphatic carbocycles. The number of imidazole rings is 1. The van der Waals surface area contributed by atoms with Gasteiger partial charge in [0.1, 0.15) is 0 Å². The Balaban J connectivity index is 2.29. The molecule has 0 saturated carbocycles. The summed E-state index contributed by atoms with van der Waals surface area (Å²) in [5.74, 6) is 0.694. The van der Waals surface area contributed by atoms with Gasteiger partial charge in [0, 0.05) is 29.8 Å². The first-order valence-electron chi connectivity index (χ1n) is 4.98. The summed E-state index contributed by atoms with van der Waals surface area (Å²) in [4.78, 5) is 8.32. The Bertz CT molecular complexity index is 642. The van der Waals surface area contributed by atoms with E-state index in [2.05, 4.69) is 9.97 Å². The lowest BCUT2D eigenvalue weighted by molar-refractivity contribution is 1.12. The number of nitrogens with zero attached hydrogens (tertiary/aromatic N) is 3. The minimum Gasteiger partial charge on any atom is -0.399 e. The molecule has 2 heterocycles. The van der Waals surface area contributed by atoms with E-state index >= 15 is 0 Å². The lowest BCUT2D eigenvalue weighted by Crippen LogP contribution is -1.93. The molecule has 0 fully saturated rings. The van der Waals surface area contributed by atoms with Crippen LogP contribution >= 0.6 is 0 Å². The number of nitrogens with two attached hydrogens (primary N) is 1. The van der Waals surface area contributed by atoms with Crippen molar-refractivity contribution >= 4 is 11.5 Å². The van der Waals surface area contributed by atoms with Crippen LogP contribution in [0.1, 0.15) is 0 Å². The largest absolute Gasteiger partial charge is 0.399 e. The molecule has 4 heteroatoms. The molecule has 1 aromatic carbocycles. The Labute approximate surface area is 92.4 Å². The molecule has 0 bridgehead atoms. The van der Waals surface area contributed by atoms with Gasteiger partial charge in [-0.2, -0.15) is 0 Å². The Morgan fingerprint density at radius 1 is 1.06 bits per heavy atom. The summed E-state index contributed by atoms with van der Waals surface area (Å²) in [6.07, 6.45) is 5.37. The van der Waals surface area contributed by atoms with Crippen LogP contribution in [0.3, 0.4) is 0 Å². The number of hydrogen-bond donors (Lipinski definition) is 1. The van der Waals surface area contributed by atoms with E-state index in [9.17, 15) is 0 Å². The molecule has 0 saturated heterocycles. The van der Waals surface area contributed by atoms with Crippen molar-refractivity contribution in [2.24, 2.45) is 0 Å². The van der Waals surface area contributed by atoms with Gasteiger partial charge in [0.2, 0.25) is 5.78 Å². The number of anilines is 1. The number of rotatable bonds is 1. The lowest BCUT2D eigenvalue weighted by atomic mass is 10.1. The Kier molecular flexibility index (Phi) is 1.86. The van der Waals surface area contributed by atoms with Gasteiger partial charge >= 0.3 is 0 Å². The molecule has 0 aliphatic rings. The van der Waals surface area contributed by atoms with Gasteiger partial charge in [-0.3, -0.25) is 4.40 Å². The summed E-state index contributed by atoms with van der Waals surface area (Å²) >= 11 is 0. The molecule has 0 spiro atoms. The summed E-state index contributed by atoms with van der Waals surface area (Å²) in [7, 11) is 0. The molecule has 78 valence electrons. The highest BCUT2D eigenvalue weighted by molar-refractivity contribution is 5.65. The fraction of sp³-hybridized carbons (Fsp3) is 0. The molecule has 0 unspecified atom stereocenters. The van der Waals surface area contributed by atoms with Crippen molar-refractivity contribution < 1.29 is 0 Å². The molecular formula is C12H10N4. The standard InChI is InChI=1S/C12H10N4/c13-10-3-1-2-9(8-10)11-4-5-14-12-15-6-7-16(11)12/h1-8H,13H2. The topological polar surface area (TPSA) is 56.2 Å². The smallest absolute Gasteiger partial charge is 0.234 e. The molecular weight excluding hydrogens is 200 g/mol. The molecule has 0 radical (unpaired) electrons. The third-order valence-electron chi connectivity index (χ3n) is 2.49. The summed E-state index contributed by atoms with van der Waals surface area (Å²) in [5, 5.41) is 0. The van der Waals surface area contributed by atoms with Crippen LogP contribution < -0.4 is 5.73 Å². The van der Waals surface area contributed by atoms with Gasteiger partial charge in [0.25, 0.3) is 0 Å². The fourth-order valence-corrected chi connectivity index (χ4v) is 1.77. The van der Waals surface area contributed by atoms with Crippen LogP contribution in [0.4, 0.5) is 5.69 Å². The zero-order valence-electron chi connectivity index (χ0n) is 8.54. The Morgan fingerprint density at radius 2 is 1.94 bits per heavy atom. The van der Waals surface area contributed by atoms with Crippen molar-refractivity contribution in [1.82, 2.24) is 14.4 Å². The molecule has 2 aromatic heterocycles. The first-order chi connectivity index (χ1) is 7.84. The van der Waals surface area contributed by atoms with E-state index in [1.54, 1.807) is 12.4 Å². The average Bonchev–Trinajstić information content (AvgIpc) is 2.76. The number of fused-ring (bicyclic) bond motifs is 1. The number of nitrogen functional groups attached to an aromatic ring is 1. The molecule has 2 N–H and O–H groups in total. The van der Waals surface area contributed by atoms with E-state index in [1.807, 2.05) is 40.9 Å². The van der Waals surface area contributed by atoms with E-state index in [0.29, 0.717) is 5.78 Å². The van der Waals surface area contributed by atoms with Crippen molar-refractivity contribution in [2.45, 2.75) is 0 Å². The average molecular weight is 210 g/mol. The van der Waals surface area contributed by atoms with Crippen LogP contribution in [-0.4, -0.2) is 14.4 Å². The van der Waals surface area contributed by atoms with E-state index < -0.39 is 0 Å². The molecule has 3 rings (SSSR count). The number of hydrogen-bond acceptors (Lipinski definition) is 3. The second-order valence-electron chi connectivity index (χ2n) is 3.55. The second kappa shape index (κ2) is 3.34. The quantitative estimate of drug-likeness (QED) is 0.625. The maximum absolute atomic E-state index is 5.77. The van der Waals surface area contributed by atoms with E-state index in [0.717, 1.165) is 16.9 Å². The van der Waals surface area contributed by atoms with Crippen LogP contribution in [0.15, 0.2) is 48.9 Å². The van der Waals surface area contributed by atoms with Crippen molar-refractivity contribution in [1.29, 1.82) is 0 Å². The van der Waals surface area contributed by atoms with E-state index in [4.69, 9.17) is 5.73 Å². The minimum atomic E-state index is 0.694. The molecule has 0 amide bonds. The van der Waals surface area contributed by atoms with Crippen molar-refractivity contribution in [3.63, 3.8) is 0 Å². The number of aromatic nitrogens is 3. The highest BCUT2D eigenvalue weighted by Crippen LogP contribution is 2.21. The second-order valence-corrected chi connectivity index (χ2v) is 3.55. The zero-order valence-corrected chi connectivity index (χ0v) is 8.54. The summed E-state index contributed by atoms with van der Waals surface area (Å²) in [6, 6.07) is 9.72. The van der Waals surface area contributed by atoms with Crippen molar-refractivity contribution in [3.8, 4) is 11.3 Å². The molecule has 3 aromatic rings. The van der Waals surface area contributed by atoms with Gasteiger partial charge in [-0.05, 0) is 18.2 Å². The van der Waals surface area contributed by atoms with Crippen LogP contribution in [0.5, 0.6) is 0 Å². The van der Waals surface area contributed by atoms with Crippen LogP contribution in [0, 0.1) is 0 Å².